The maximum atomic E-state index is 11.8. The lowest BCUT2D eigenvalue weighted by Crippen LogP contribution is -2.21. The zero-order valence-electron chi connectivity index (χ0n) is 8.85. The van der Waals surface area contributed by atoms with Gasteiger partial charge in [-0.05, 0) is 12.1 Å². The zero-order valence-corrected chi connectivity index (χ0v) is 10.4. The summed E-state index contributed by atoms with van der Waals surface area (Å²) in [6, 6.07) is 8.27. The van der Waals surface area contributed by atoms with E-state index in [1.165, 1.54) is 13.2 Å². The summed E-state index contributed by atoms with van der Waals surface area (Å²) in [7, 11) is 1.51. The molecule has 0 aliphatic rings. The molecule has 4 nitrogen and oxygen atoms in total. The molecule has 2 rings (SSSR count). The number of halogens is 2. The van der Waals surface area contributed by atoms with Gasteiger partial charge in [0, 0.05) is 6.07 Å². The molecule has 0 saturated heterocycles. The molecule has 6 heteroatoms. The lowest BCUT2D eigenvalue weighted by molar-refractivity contribution is 0.411. The number of benzene rings is 1. The van der Waals surface area contributed by atoms with Gasteiger partial charge in [0.15, 0.2) is 5.15 Å². The Kier molecular flexibility index (Phi) is 3.36. The Morgan fingerprint density at radius 1 is 1.29 bits per heavy atom. The van der Waals surface area contributed by atoms with Crippen molar-refractivity contribution in [1.82, 2.24) is 9.78 Å². The van der Waals surface area contributed by atoms with Crippen molar-refractivity contribution in [2.75, 3.05) is 7.11 Å². The van der Waals surface area contributed by atoms with E-state index in [0.29, 0.717) is 11.4 Å². The van der Waals surface area contributed by atoms with Gasteiger partial charge in [0.2, 0.25) is 0 Å². The first-order valence-corrected chi connectivity index (χ1v) is 5.48. The smallest absolute Gasteiger partial charge is 0.290 e. The molecule has 1 aromatic carbocycles. The van der Waals surface area contributed by atoms with E-state index in [4.69, 9.17) is 27.9 Å². The third-order valence-corrected chi connectivity index (χ3v) is 2.61. The Bertz CT molecular complexity index is 611. The van der Waals surface area contributed by atoms with Gasteiger partial charge in [-0.15, -0.1) is 0 Å². The standard InChI is InChI=1S/C11H8Cl2N2O2/c1-17-9-5-3-2-4-8(9)15-11(16)7(12)6-10(13)14-15/h2-6H,1H3. The molecular formula is C11H8Cl2N2O2. The molecule has 2 aromatic rings. The summed E-state index contributed by atoms with van der Waals surface area (Å²) in [5, 5.41) is 4.07. The second-order valence-corrected chi connectivity index (χ2v) is 4.00. The van der Waals surface area contributed by atoms with Gasteiger partial charge in [0.1, 0.15) is 16.5 Å². The van der Waals surface area contributed by atoms with Crippen LogP contribution in [0.25, 0.3) is 5.69 Å². The number of methoxy groups -OCH3 is 1. The molecule has 1 heterocycles. The van der Waals surface area contributed by atoms with E-state index in [-0.39, 0.29) is 10.2 Å². The van der Waals surface area contributed by atoms with Gasteiger partial charge in [-0.25, -0.2) is 0 Å². The van der Waals surface area contributed by atoms with E-state index in [1.54, 1.807) is 24.3 Å². The van der Waals surface area contributed by atoms with Crippen molar-refractivity contribution < 1.29 is 4.74 Å². The molecule has 1 aromatic heterocycles. The van der Waals surface area contributed by atoms with Crippen LogP contribution in [0.5, 0.6) is 5.75 Å². The maximum absolute atomic E-state index is 11.8. The molecule has 0 N–H and O–H groups in total. The molecule has 0 spiro atoms. The van der Waals surface area contributed by atoms with E-state index in [0.717, 1.165) is 4.68 Å². The minimum absolute atomic E-state index is 0.0101. The number of nitrogens with zero attached hydrogens (tertiary/aromatic N) is 2. The van der Waals surface area contributed by atoms with Crippen LogP contribution in [0.1, 0.15) is 0 Å². The Labute approximate surface area is 107 Å². The molecule has 88 valence electrons. The highest BCUT2D eigenvalue weighted by molar-refractivity contribution is 6.33. The minimum Gasteiger partial charge on any atom is -0.494 e. The molecule has 17 heavy (non-hydrogen) atoms. The summed E-state index contributed by atoms with van der Waals surface area (Å²) < 4.78 is 6.26. The van der Waals surface area contributed by atoms with Gasteiger partial charge in [-0.1, -0.05) is 35.3 Å². The van der Waals surface area contributed by atoms with Crippen LogP contribution in [-0.4, -0.2) is 16.9 Å². The lowest BCUT2D eigenvalue weighted by atomic mass is 10.3. The summed E-state index contributed by atoms with van der Waals surface area (Å²) in [6.45, 7) is 0. The summed E-state index contributed by atoms with van der Waals surface area (Å²) >= 11 is 11.5. The maximum Gasteiger partial charge on any atom is 0.290 e. The molecule has 0 fully saturated rings. The molecule has 0 amide bonds. The van der Waals surface area contributed by atoms with Crippen molar-refractivity contribution in [3.8, 4) is 11.4 Å². The van der Waals surface area contributed by atoms with Crippen molar-refractivity contribution in [2.24, 2.45) is 0 Å². The van der Waals surface area contributed by atoms with Gasteiger partial charge in [-0.3, -0.25) is 4.79 Å². The molecule has 0 aliphatic heterocycles. The third-order valence-electron chi connectivity index (χ3n) is 2.15. The fraction of sp³-hybridized carbons (Fsp3) is 0.0909. The second-order valence-electron chi connectivity index (χ2n) is 3.20. The van der Waals surface area contributed by atoms with Crippen molar-refractivity contribution in [2.45, 2.75) is 0 Å². The SMILES string of the molecule is COc1ccccc1-n1nc(Cl)cc(Cl)c1=O. The number of aromatic nitrogens is 2. The van der Waals surface area contributed by atoms with E-state index < -0.39 is 5.56 Å². The average molecular weight is 271 g/mol. The highest BCUT2D eigenvalue weighted by Gasteiger charge is 2.11. The highest BCUT2D eigenvalue weighted by Crippen LogP contribution is 2.21. The zero-order chi connectivity index (χ0) is 12.4. The topological polar surface area (TPSA) is 44.1 Å². The highest BCUT2D eigenvalue weighted by atomic mass is 35.5. The number of rotatable bonds is 2. The fourth-order valence-electron chi connectivity index (χ4n) is 1.41. The molecule has 0 atom stereocenters. The molecular weight excluding hydrogens is 263 g/mol. The van der Waals surface area contributed by atoms with Crippen LogP contribution in [0.15, 0.2) is 35.1 Å². The molecule has 0 unspecified atom stereocenters. The monoisotopic (exact) mass is 270 g/mol. The van der Waals surface area contributed by atoms with Crippen LogP contribution in [0.2, 0.25) is 10.2 Å². The number of ether oxygens (including phenoxy) is 1. The lowest BCUT2D eigenvalue weighted by Gasteiger charge is -2.09. The van der Waals surface area contributed by atoms with Crippen LogP contribution >= 0.6 is 23.2 Å². The Morgan fingerprint density at radius 2 is 2.00 bits per heavy atom. The number of hydrogen-bond donors (Lipinski definition) is 0. The van der Waals surface area contributed by atoms with E-state index in [9.17, 15) is 4.79 Å². The molecule has 0 aliphatic carbocycles. The van der Waals surface area contributed by atoms with Crippen molar-refractivity contribution in [3.05, 3.63) is 50.9 Å². The molecule has 0 bridgehead atoms. The first kappa shape index (κ1) is 12.0. The summed E-state index contributed by atoms with van der Waals surface area (Å²) in [5.41, 5.74) is 0.0463. The fourth-order valence-corrected chi connectivity index (χ4v) is 1.83. The van der Waals surface area contributed by atoms with E-state index >= 15 is 0 Å². The normalized spacial score (nSPS) is 10.3. The van der Waals surface area contributed by atoms with Gasteiger partial charge in [0.05, 0.1) is 7.11 Å². The Balaban J connectivity index is 2.72. The van der Waals surface area contributed by atoms with Crippen LogP contribution in [0.3, 0.4) is 0 Å². The van der Waals surface area contributed by atoms with E-state index in [2.05, 4.69) is 5.10 Å². The van der Waals surface area contributed by atoms with Gasteiger partial charge in [-0.2, -0.15) is 9.78 Å². The van der Waals surface area contributed by atoms with Crippen LogP contribution in [0.4, 0.5) is 0 Å². The molecule has 0 saturated carbocycles. The van der Waals surface area contributed by atoms with Crippen molar-refractivity contribution >= 4 is 23.2 Å². The number of para-hydroxylation sites is 2. The molecule has 0 radical (unpaired) electrons. The van der Waals surface area contributed by atoms with Gasteiger partial charge in [0.25, 0.3) is 5.56 Å². The predicted octanol–water partition coefficient (Wildman–Crippen LogP) is 2.55. The number of hydrogen-bond acceptors (Lipinski definition) is 3. The second kappa shape index (κ2) is 4.77. The van der Waals surface area contributed by atoms with E-state index in [1.807, 2.05) is 0 Å². The summed E-state index contributed by atoms with van der Waals surface area (Å²) in [5.74, 6) is 0.514. The average Bonchev–Trinajstić information content (AvgIpc) is 2.33. The Morgan fingerprint density at radius 3 is 2.71 bits per heavy atom. The Hall–Kier alpha value is -1.52. The largest absolute Gasteiger partial charge is 0.494 e. The minimum atomic E-state index is -0.444. The predicted molar refractivity (Wildman–Crippen MR) is 66.4 cm³/mol. The summed E-state index contributed by atoms with van der Waals surface area (Å²) in [4.78, 5) is 11.8. The first-order chi connectivity index (χ1) is 8.13. The van der Waals surface area contributed by atoms with Crippen LogP contribution < -0.4 is 10.3 Å². The van der Waals surface area contributed by atoms with Gasteiger partial charge >= 0.3 is 0 Å². The quantitative estimate of drug-likeness (QED) is 0.843. The van der Waals surface area contributed by atoms with Crippen LogP contribution in [-0.2, 0) is 0 Å². The third kappa shape index (κ3) is 2.28. The summed E-state index contributed by atoms with van der Waals surface area (Å²) in [6.07, 6.45) is 0. The van der Waals surface area contributed by atoms with Crippen LogP contribution in [0, 0.1) is 0 Å². The first-order valence-electron chi connectivity index (χ1n) is 4.72. The van der Waals surface area contributed by atoms with Gasteiger partial charge < -0.3 is 4.74 Å². The van der Waals surface area contributed by atoms with Crippen molar-refractivity contribution in [1.29, 1.82) is 0 Å². The van der Waals surface area contributed by atoms with Crippen molar-refractivity contribution in [3.63, 3.8) is 0 Å².